The minimum absolute atomic E-state index is 0.0331. The van der Waals surface area contributed by atoms with Crippen LogP contribution in [0, 0.1) is 0 Å². The Bertz CT molecular complexity index is 477. The van der Waals surface area contributed by atoms with Crippen molar-refractivity contribution in [2.24, 2.45) is 0 Å². The van der Waals surface area contributed by atoms with Crippen LogP contribution < -0.4 is 10.1 Å². The number of hydrogen-bond acceptors (Lipinski definition) is 2. The molecule has 92 valence electrons. The van der Waals surface area contributed by atoms with Crippen molar-refractivity contribution in [2.45, 2.75) is 39.2 Å². The molecule has 0 saturated heterocycles. The summed E-state index contributed by atoms with van der Waals surface area (Å²) in [7, 11) is 0. The van der Waals surface area contributed by atoms with Gasteiger partial charge < -0.3 is 10.1 Å². The van der Waals surface area contributed by atoms with E-state index < -0.39 is 6.10 Å². The first-order valence-corrected chi connectivity index (χ1v) is 6.40. The Balaban J connectivity index is 2.52. The minimum Gasteiger partial charge on any atom is -0.478 e. The van der Waals surface area contributed by atoms with Crippen molar-refractivity contribution < 1.29 is 9.53 Å². The van der Waals surface area contributed by atoms with Crippen LogP contribution in [0.1, 0.15) is 33.3 Å². The molecule has 1 aromatic rings. The molecule has 1 aliphatic rings. The molecule has 1 N–H and O–H groups in total. The van der Waals surface area contributed by atoms with E-state index in [0.717, 1.165) is 15.7 Å². The molecule has 0 spiro atoms. The van der Waals surface area contributed by atoms with Gasteiger partial charge in [0.25, 0.3) is 5.91 Å². The Hall–Kier alpha value is -1.03. The number of fused-ring (bicyclic) bond motifs is 1. The maximum absolute atomic E-state index is 11.6. The predicted molar refractivity (Wildman–Crippen MR) is 71.6 cm³/mol. The fourth-order valence-corrected chi connectivity index (χ4v) is 2.26. The monoisotopic (exact) mass is 297 g/mol. The number of nitrogens with one attached hydrogen (secondary N) is 1. The summed E-state index contributed by atoms with van der Waals surface area (Å²) in [5.41, 5.74) is 1.93. The van der Waals surface area contributed by atoms with Gasteiger partial charge in [0.1, 0.15) is 0 Å². The zero-order valence-corrected chi connectivity index (χ0v) is 12.0. The van der Waals surface area contributed by atoms with Crippen LogP contribution in [0.2, 0.25) is 0 Å². The van der Waals surface area contributed by atoms with E-state index in [0.29, 0.717) is 5.75 Å². The number of carbonyl (C=O) groups excluding carboxylic acids is 1. The summed E-state index contributed by atoms with van der Waals surface area (Å²) in [4.78, 5) is 11.6. The van der Waals surface area contributed by atoms with E-state index in [1.165, 1.54) is 0 Å². The summed E-state index contributed by atoms with van der Waals surface area (Å²) in [6.45, 7) is 8.14. The van der Waals surface area contributed by atoms with E-state index in [4.69, 9.17) is 4.74 Å². The largest absolute Gasteiger partial charge is 0.478 e. The van der Waals surface area contributed by atoms with Crippen molar-refractivity contribution in [3.05, 3.63) is 22.2 Å². The van der Waals surface area contributed by atoms with Crippen LogP contribution in [0.3, 0.4) is 0 Å². The number of ether oxygens (including phenoxy) is 1. The molecule has 0 radical (unpaired) electrons. The molecule has 1 unspecified atom stereocenters. The maximum Gasteiger partial charge on any atom is 0.265 e. The lowest BCUT2D eigenvalue weighted by molar-refractivity contribution is -0.122. The Morgan fingerprint density at radius 3 is 2.59 bits per heavy atom. The van der Waals surface area contributed by atoms with Crippen molar-refractivity contribution in [3.8, 4) is 5.75 Å². The quantitative estimate of drug-likeness (QED) is 0.796. The molecule has 4 heteroatoms. The van der Waals surface area contributed by atoms with E-state index >= 15 is 0 Å². The molecule has 0 bridgehead atoms. The first-order chi connectivity index (χ1) is 7.79. The van der Waals surface area contributed by atoms with Crippen LogP contribution in [-0.2, 0) is 10.2 Å². The van der Waals surface area contributed by atoms with Crippen molar-refractivity contribution >= 4 is 27.5 Å². The molecule has 0 aromatic heterocycles. The van der Waals surface area contributed by atoms with E-state index in [-0.39, 0.29) is 11.3 Å². The summed E-state index contributed by atoms with van der Waals surface area (Å²) in [5.74, 6) is 0.612. The first kappa shape index (κ1) is 12.4. The van der Waals surface area contributed by atoms with Gasteiger partial charge in [-0.05, 0) is 46.0 Å². The fraction of sp³-hybridized carbons (Fsp3) is 0.462. The second-order valence-electron chi connectivity index (χ2n) is 5.33. The molecule has 1 aliphatic heterocycles. The molecule has 0 fully saturated rings. The normalized spacial score (nSPS) is 19.4. The average Bonchev–Trinajstić information content (AvgIpc) is 2.19. The summed E-state index contributed by atoms with van der Waals surface area (Å²) < 4.78 is 6.46. The van der Waals surface area contributed by atoms with Crippen LogP contribution in [0.15, 0.2) is 16.6 Å². The van der Waals surface area contributed by atoms with E-state index in [1.807, 2.05) is 12.1 Å². The van der Waals surface area contributed by atoms with Gasteiger partial charge in [-0.2, -0.15) is 0 Å². The predicted octanol–water partition coefficient (Wildman–Crippen LogP) is 3.47. The fourth-order valence-electron chi connectivity index (χ4n) is 1.70. The minimum atomic E-state index is -0.445. The van der Waals surface area contributed by atoms with E-state index in [9.17, 15) is 4.79 Å². The van der Waals surface area contributed by atoms with Crippen LogP contribution in [-0.4, -0.2) is 12.0 Å². The highest BCUT2D eigenvalue weighted by molar-refractivity contribution is 9.10. The zero-order chi connectivity index (χ0) is 12.8. The second kappa shape index (κ2) is 4.02. The van der Waals surface area contributed by atoms with Crippen LogP contribution >= 0.6 is 15.9 Å². The number of anilines is 1. The number of amides is 1. The van der Waals surface area contributed by atoms with Gasteiger partial charge in [0.2, 0.25) is 0 Å². The Morgan fingerprint density at radius 2 is 2.00 bits per heavy atom. The van der Waals surface area contributed by atoms with Gasteiger partial charge in [0.05, 0.1) is 10.2 Å². The lowest BCUT2D eigenvalue weighted by Gasteiger charge is -2.27. The summed E-state index contributed by atoms with van der Waals surface area (Å²) in [6.07, 6.45) is -0.445. The molecular formula is C13H16BrNO2. The lowest BCUT2D eigenvalue weighted by atomic mass is 9.86. The molecule has 1 atom stereocenters. The molecule has 1 amide bonds. The third-order valence-corrected chi connectivity index (χ3v) is 3.42. The molecule has 3 nitrogen and oxygen atoms in total. The second-order valence-corrected chi connectivity index (χ2v) is 6.19. The number of rotatable bonds is 0. The van der Waals surface area contributed by atoms with Gasteiger partial charge >= 0.3 is 0 Å². The number of carbonyl (C=O) groups is 1. The molecule has 0 saturated carbocycles. The lowest BCUT2D eigenvalue weighted by Crippen LogP contribution is -2.34. The molecule has 1 heterocycles. The number of halogens is 1. The summed E-state index contributed by atoms with van der Waals surface area (Å²) in [5, 5.41) is 2.87. The topological polar surface area (TPSA) is 38.3 Å². The van der Waals surface area contributed by atoms with Crippen LogP contribution in [0.4, 0.5) is 5.69 Å². The SMILES string of the molecule is CC1Oc2c(Br)cc(C(C)(C)C)cc2NC1=O. The number of hydrogen-bond donors (Lipinski definition) is 1. The summed E-state index contributed by atoms with van der Waals surface area (Å²) in [6, 6.07) is 4.02. The highest BCUT2D eigenvalue weighted by atomic mass is 79.9. The Morgan fingerprint density at radius 1 is 1.35 bits per heavy atom. The van der Waals surface area contributed by atoms with E-state index in [1.54, 1.807) is 6.92 Å². The Kier molecular flexibility index (Phi) is 2.94. The van der Waals surface area contributed by atoms with Gasteiger partial charge in [-0.3, -0.25) is 4.79 Å². The average molecular weight is 298 g/mol. The number of benzene rings is 1. The smallest absolute Gasteiger partial charge is 0.265 e. The van der Waals surface area contributed by atoms with Crippen LogP contribution in [0.25, 0.3) is 0 Å². The van der Waals surface area contributed by atoms with Gasteiger partial charge in [-0.15, -0.1) is 0 Å². The van der Waals surface area contributed by atoms with Gasteiger partial charge in [0.15, 0.2) is 11.9 Å². The summed E-state index contributed by atoms with van der Waals surface area (Å²) >= 11 is 3.50. The maximum atomic E-state index is 11.6. The van der Waals surface area contributed by atoms with E-state index in [2.05, 4.69) is 42.0 Å². The van der Waals surface area contributed by atoms with Crippen LogP contribution in [0.5, 0.6) is 5.75 Å². The molecule has 2 rings (SSSR count). The first-order valence-electron chi connectivity index (χ1n) is 5.60. The molecule has 1 aromatic carbocycles. The van der Waals surface area contributed by atoms with Crippen molar-refractivity contribution in [3.63, 3.8) is 0 Å². The molecule has 0 aliphatic carbocycles. The van der Waals surface area contributed by atoms with Crippen molar-refractivity contribution in [1.82, 2.24) is 0 Å². The van der Waals surface area contributed by atoms with Crippen molar-refractivity contribution in [2.75, 3.05) is 5.32 Å². The zero-order valence-electron chi connectivity index (χ0n) is 10.4. The van der Waals surface area contributed by atoms with Gasteiger partial charge in [0, 0.05) is 0 Å². The van der Waals surface area contributed by atoms with Gasteiger partial charge in [-0.1, -0.05) is 20.8 Å². The highest BCUT2D eigenvalue weighted by Crippen LogP contribution is 2.40. The molecule has 17 heavy (non-hydrogen) atoms. The van der Waals surface area contributed by atoms with Crippen molar-refractivity contribution in [1.29, 1.82) is 0 Å². The Labute approximate surface area is 110 Å². The standard InChI is InChI=1S/C13H16BrNO2/c1-7-12(16)15-10-6-8(13(2,3)4)5-9(14)11(10)17-7/h5-7H,1-4H3,(H,15,16). The molecular weight excluding hydrogens is 282 g/mol. The third-order valence-electron chi connectivity index (χ3n) is 2.83. The third kappa shape index (κ3) is 2.32. The highest BCUT2D eigenvalue weighted by Gasteiger charge is 2.27. The van der Waals surface area contributed by atoms with Gasteiger partial charge in [-0.25, -0.2) is 0 Å².